The fourth-order valence-electron chi connectivity index (χ4n) is 3.03. The molecule has 0 heterocycles. The van der Waals surface area contributed by atoms with E-state index in [4.69, 9.17) is 4.52 Å². The Morgan fingerprint density at radius 2 is 2.04 bits per heavy atom. The van der Waals surface area contributed by atoms with Gasteiger partial charge in [0.15, 0.2) is 0 Å². The molecule has 0 bridgehead atoms. The van der Waals surface area contributed by atoms with Crippen LogP contribution in [0.3, 0.4) is 0 Å². The fraction of sp³-hybridized carbons (Fsp3) is 0.529. The minimum Gasteiger partial charge on any atom is -0.339 e. The van der Waals surface area contributed by atoms with Crippen molar-refractivity contribution in [2.75, 3.05) is 13.3 Å². The summed E-state index contributed by atoms with van der Waals surface area (Å²) in [6.45, 7) is 3.55. The van der Waals surface area contributed by atoms with Gasteiger partial charge in [-0.05, 0) is 31.9 Å². The molecule has 23 heavy (non-hydrogen) atoms. The number of Topliss-reactive ketones (excluding diaryl/α,β-unsaturated/α-hetero) is 1. The van der Waals surface area contributed by atoms with E-state index in [0.717, 1.165) is 12.8 Å². The van der Waals surface area contributed by atoms with Gasteiger partial charge in [0.25, 0.3) is 5.91 Å². The van der Waals surface area contributed by atoms with Gasteiger partial charge >= 0.3 is 0 Å². The van der Waals surface area contributed by atoms with E-state index in [1.54, 1.807) is 31.2 Å². The van der Waals surface area contributed by atoms with Gasteiger partial charge < -0.3 is 9.84 Å². The molecule has 1 amide bonds. The van der Waals surface area contributed by atoms with Crippen molar-refractivity contribution in [3.05, 3.63) is 35.9 Å². The zero-order valence-corrected chi connectivity index (χ0v) is 14.6. The predicted molar refractivity (Wildman–Crippen MR) is 89.8 cm³/mol. The summed E-state index contributed by atoms with van der Waals surface area (Å²) in [5.41, 5.74) is 0.484. The first-order valence-corrected chi connectivity index (χ1v) is 10.2. The predicted octanol–water partition coefficient (Wildman–Crippen LogP) is 3.45. The molecule has 0 aromatic heterocycles. The van der Waals surface area contributed by atoms with Crippen LogP contribution in [-0.2, 0) is 13.9 Å². The Hall–Kier alpha value is -1.45. The summed E-state index contributed by atoms with van der Waals surface area (Å²) in [6, 6.07) is 8.74. The van der Waals surface area contributed by atoms with Crippen LogP contribution in [0.1, 0.15) is 43.0 Å². The summed E-state index contributed by atoms with van der Waals surface area (Å²) in [5, 5.41) is 2.81. The van der Waals surface area contributed by atoms with Gasteiger partial charge in [-0.15, -0.1) is 0 Å². The maximum Gasteiger partial charge on any atom is 0.251 e. The van der Waals surface area contributed by atoms with Crippen molar-refractivity contribution in [1.82, 2.24) is 5.32 Å². The van der Waals surface area contributed by atoms with Gasteiger partial charge in [0.2, 0.25) is 7.37 Å². The highest BCUT2D eigenvalue weighted by Gasteiger charge is 2.41. The Balaban J connectivity index is 2.24. The second kappa shape index (κ2) is 7.89. The number of hydrogen-bond acceptors (Lipinski definition) is 4. The second-order valence-corrected chi connectivity index (χ2v) is 8.56. The molecule has 0 spiro atoms. The molecule has 1 N–H and O–H groups in total. The third-order valence-corrected chi connectivity index (χ3v) is 6.46. The average molecular weight is 337 g/mol. The molecule has 1 aromatic rings. The van der Waals surface area contributed by atoms with E-state index in [1.807, 2.05) is 6.07 Å². The molecule has 5 nitrogen and oxygen atoms in total. The molecular formula is C17H24NO4P. The zero-order chi connectivity index (χ0) is 16.9. The van der Waals surface area contributed by atoms with Crippen LogP contribution in [0.15, 0.2) is 30.3 Å². The normalized spacial score (nSPS) is 22.2. The minimum absolute atomic E-state index is 0.0661. The summed E-state index contributed by atoms with van der Waals surface area (Å²) >= 11 is 0. The number of nitrogens with one attached hydrogen (secondary N) is 1. The first kappa shape index (κ1) is 17.9. The van der Waals surface area contributed by atoms with E-state index >= 15 is 0 Å². The number of benzene rings is 1. The van der Waals surface area contributed by atoms with E-state index in [0.29, 0.717) is 18.4 Å². The minimum atomic E-state index is -3.14. The summed E-state index contributed by atoms with van der Waals surface area (Å²) in [7, 11) is -3.14. The van der Waals surface area contributed by atoms with Crippen LogP contribution in [0.5, 0.6) is 0 Å². The quantitative estimate of drug-likeness (QED) is 0.807. The monoisotopic (exact) mass is 337 g/mol. The van der Waals surface area contributed by atoms with Crippen LogP contribution < -0.4 is 5.32 Å². The maximum absolute atomic E-state index is 12.9. The fourth-order valence-corrected chi connectivity index (χ4v) is 5.03. The molecule has 3 atom stereocenters. The standard InChI is InChI=1S/C17H24NO4P/c1-3-22-23(2,21)17(14-11-7-8-12-15(14)19)18-16(20)13-9-5-4-6-10-13/h4-6,9-10,14,17H,3,7-8,11-12H2,1-2H3,(H,18,20). The van der Waals surface area contributed by atoms with Crippen molar-refractivity contribution in [2.24, 2.45) is 5.92 Å². The summed E-state index contributed by atoms with van der Waals surface area (Å²) in [4.78, 5) is 24.7. The Morgan fingerprint density at radius 3 is 2.65 bits per heavy atom. The molecule has 1 aliphatic carbocycles. The van der Waals surface area contributed by atoms with E-state index in [2.05, 4.69) is 5.32 Å². The highest BCUT2D eigenvalue weighted by molar-refractivity contribution is 7.59. The summed E-state index contributed by atoms with van der Waals surface area (Å²) in [5.74, 6) is -1.45. The zero-order valence-electron chi connectivity index (χ0n) is 13.7. The van der Waals surface area contributed by atoms with Crippen LogP contribution >= 0.6 is 7.37 Å². The number of carbonyl (C=O) groups is 2. The molecule has 1 aliphatic rings. The molecule has 0 saturated heterocycles. The van der Waals surface area contributed by atoms with Crippen LogP contribution in [-0.4, -0.2) is 30.7 Å². The first-order valence-electron chi connectivity index (χ1n) is 8.06. The number of rotatable bonds is 6. The van der Waals surface area contributed by atoms with Gasteiger partial charge in [0.1, 0.15) is 11.6 Å². The topological polar surface area (TPSA) is 72.5 Å². The van der Waals surface area contributed by atoms with Gasteiger partial charge in [-0.1, -0.05) is 24.6 Å². The molecule has 1 fully saturated rings. The van der Waals surface area contributed by atoms with Crippen LogP contribution in [0.25, 0.3) is 0 Å². The summed E-state index contributed by atoms with van der Waals surface area (Å²) < 4.78 is 18.4. The van der Waals surface area contributed by atoms with E-state index < -0.39 is 19.1 Å². The van der Waals surface area contributed by atoms with Crippen LogP contribution in [0.2, 0.25) is 0 Å². The molecule has 1 saturated carbocycles. The molecule has 0 aliphatic heterocycles. The van der Waals surface area contributed by atoms with E-state index in [1.165, 1.54) is 6.66 Å². The van der Waals surface area contributed by atoms with Gasteiger partial charge in [0.05, 0.1) is 6.61 Å². The third kappa shape index (κ3) is 4.52. The highest BCUT2D eigenvalue weighted by Crippen LogP contribution is 2.51. The Labute approximate surface area is 137 Å². The molecule has 2 rings (SSSR count). The van der Waals surface area contributed by atoms with Gasteiger partial charge in [-0.3, -0.25) is 14.2 Å². The van der Waals surface area contributed by atoms with Gasteiger partial charge in [0, 0.05) is 24.6 Å². The maximum atomic E-state index is 12.9. The van der Waals surface area contributed by atoms with Crippen molar-refractivity contribution in [2.45, 2.75) is 38.4 Å². The van der Waals surface area contributed by atoms with Crippen molar-refractivity contribution in [3.8, 4) is 0 Å². The molecular weight excluding hydrogens is 313 g/mol. The lowest BCUT2D eigenvalue weighted by Crippen LogP contribution is -2.44. The van der Waals surface area contributed by atoms with E-state index in [-0.39, 0.29) is 18.3 Å². The van der Waals surface area contributed by atoms with Gasteiger partial charge in [-0.25, -0.2) is 0 Å². The molecule has 1 aromatic carbocycles. The van der Waals surface area contributed by atoms with Crippen LogP contribution in [0, 0.1) is 5.92 Å². The number of amides is 1. The lowest BCUT2D eigenvalue weighted by molar-refractivity contribution is -0.124. The second-order valence-electron chi connectivity index (χ2n) is 5.93. The number of hydrogen-bond donors (Lipinski definition) is 1. The Morgan fingerprint density at radius 1 is 1.35 bits per heavy atom. The molecule has 3 unspecified atom stereocenters. The number of carbonyl (C=O) groups excluding carboxylic acids is 2. The molecule has 0 radical (unpaired) electrons. The highest BCUT2D eigenvalue weighted by atomic mass is 31.2. The van der Waals surface area contributed by atoms with Crippen molar-refractivity contribution < 1.29 is 18.7 Å². The summed E-state index contributed by atoms with van der Waals surface area (Å²) in [6.07, 6.45) is 2.88. The smallest absolute Gasteiger partial charge is 0.251 e. The van der Waals surface area contributed by atoms with Crippen molar-refractivity contribution >= 4 is 19.1 Å². The lowest BCUT2D eigenvalue weighted by atomic mass is 9.87. The average Bonchev–Trinajstić information content (AvgIpc) is 2.54. The largest absolute Gasteiger partial charge is 0.339 e. The lowest BCUT2D eigenvalue weighted by Gasteiger charge is -2.33. The Kier molecular flexibility index (Phi) is 6.14. The van der Waals surface area contributed by atoms with Crippen LogP contribution in [0.4, 0.5) is 0 Å². The van der Waals surface area contributed by atoms with E-state index in [9.17, 15) is 14.2 Å². The molecule has 126 valence electrons. The third-order valence-electron chi connectivity index (χ3n) is 4.19. The first-order chi connectivity index (χ1) is 11.0. The number of ketones is 1. The molecule has 6 heteroatoms. The SMILES string of the molecule is CCOP(C)(=O)C(NC(=O)c1ccccc1)C1CCCCC1=O. The van der Waals surface area contributed by atoms with Crippen molar-refractivity contribution in [1.29, 1.82) is 0 Å². The van der Waals surface area contributed by atoms with Gasteiger partial charge in [-0.2, -0.15) is 0 Å². The Bertz CT molecular complexity index is 602. The van der Waals surface area contributed by atoms with Crippen molar-refractivity contribution in [3.63, 3.8) is 0 Å².